The lowest BCUT2D eigenvalue weighted by molar-refractivity contribution is 0.0720. The SMILES string of the molecule is CCCCCc1ccc(C(=O)N(CCN(CCCC)CCCC)Cc2ccc(OCCCN(C)C)cc2)cc1.CCCCN(CCCC)CCNCc1ccc(OCCCN(C)C)cc1. The van der Waals surface area contributed by atoms with Crippen LogP contribution in [-0.2, 0) is 19.5 Å². The maximum atomic E-state index is 13.7. The van der Waals surface area contributed by atoms with Crippen LogP contribution in [-0.4, -0.2) is 137 Å². The Balaban J connectivity index is 0.000000485. The number of carbonyl (C=O) groups excluding carboxylic acids is 1. The van der Waals surface area contributed by atoms with Crippen molar-refractivity contribution >= 4 is 5.91 Å². The van der Waals surface area contributed by atoms with E-state index in [1.165, 1.54) is 94.8 Å². The van der Waals surface area contributed by atoms with Crippen LogP contribution in [0, 0.1) is 0 Å². The molecule has 3 aromatic rings. The van der Waals surface area contributed by atoms with Gasteiger partial charge < -0.3 is 39.3 Å². The number of carbonyl (C=O) groups is 1. The van der Waals surface area contributed by atoms with Gasteiger partial charge in [0, 0.05) is 57.9 Å². The largest absolute Gasteiger partial charge is 0.494 e. The Hall–Kier alpha value is -3.47. The molecule has 1 amide bonds. The molecule has 0 aliphatic carbocycles. The minimum atomic E-state index is 0.116. The fourth-order valence-electron chi connectivity index (χ4n) is 7.51. The molecule has 0 saturated heterocycles. The van der Waals surface area contributed by atoms with Gasteiger partial charge in [0.15, 0.2) is 0 Å². The van der Waals surface area contributed by atoms with Gasteiger partial charge in [0.05, 0.1) is 13.2 Å². The quantitative estimate of drug-likeness (QED) is 0.0574. The molecule has 3 rings (SSSR count). The smallest absolute Gasteiger partial charge is 0.254 e. The highest BCUT2D eigenvalue weighted by atomic mass is 16.5. The molecule has 0 atom stereocenters. The molecule has 0 bridgehead atoms. The molecule has 0 spiro atoms. The average molecular weight is 901 g/mol. The molecule has 9 heteroatoms. The van der Waals surface area contributed by atoms with Crippen molar-refractivity contribution in [1.29, 1.82) is 0 Å². The Labute approximate surface area is 399 Å². The van der Waals surface area contributed by atoms with Gasteiger partial charge in [0.2, 0.25) is 0 Å². The Bertz CT molecular complexity index is 1530. The van der Waals surface area contributed by atoms with Crippen LogP contribution in [0.5, 0.6) is 11.5 Å². The van der Waals surface area contributed by atoms with Crippen LogP contribution in [0.25, 0.3) is 0 Å². The summed E-state index contributed by atoms with van der Waals surface area (Å²) in [4.78, 5) is 25.3. The van der Waals surface area contributed by atoms with Gasteiger partial charge in [0.25, 0.3) is 5.91 Å². The minimum absolute atomic E-state index is 0.116. The first-order chi connectivity index (χ1) is 31.6. The summed E-state index contributed by atoms with van der Waals surface area (Å²) in [6.45, 7) is 24.9. The third-order valence-corrected chi connectivity index (χ3v) is 11.7. The summed E-state index contributed by atoms with van der Waals surface area (Å²) in [6.07, 6.45) is 16.8. The normalized spacial score (nSPS) is 11.4. The third kappa shape index (κ3) is 28.3. The zero-order chi connectivity index (χ0) is 47.3. The van der Waals surface area contributed by atoms with E-state index >= 15 is 0 Å². The Morgan fingerprint density at radius 1 is 0.462 bits per heavy atom. The monoisotopic (exact) mass is 901 g/mol. The van der Waals surface area contributed by atoms with Crippen LogP contribution in [0.3, 0.4) is 0 Å². The summed E-state index contributed by atoms with van der Waals surface area (Å²) in [5.41, 5.74) is 4.55. The van der Waals surface area contributed by atoms with Crippen molar-refractivity contribution in [3.63, 3.8) is 0 Å². The number of amides is 1. The number of aryl methyl sites for hydroxylation is 1. The number of nitrogens with zero attached hydrogens (tertiary/aromatic N) is 5. The maximum absolute atomic E-state index is 13.7. The molecule has 0 aromatic heterocycles. The molecule has 368 valence electrons. The van der Waals surface area contributed by atoms with Gasteiger partial charge in [0.1, 0.15) is 11.5 Å². The summed E-state index contributed by atoms with van der Waals surface area (Å²) in [7, 11) is 8.34. The van der Waals surface area contributed by atoms with Crippen LogP contribution in [0.15, 0.2) is 72.8 Å². The minimum Gasteiger partial charge on any atom is -0.494 e. The highest BCUT2D eigenvalue weighted by Gasteiger charge is 2.18. The van der Waals surface area contributed by atoms with Gasteiger partial charge >= 0.3 is 0 Å². The van der Waals surface area contributed by atoms with Crippen molar-refractivity contribution in [2.24, 2.45) is 0 Å². The molecule has 3 aromatic carbocycles. The van der Waals surface area contributed by atoms with E-state index < -0.39 is 0 Å². The van der Waals surface area contributed by atoms with Crippen molar-refractivity contribution in [2.75, 3.05) is 107 Å². The van der Waals surface area contributed by atoms with Crippen molar-refractivity contribution < 1.29 is 14.3 Å². The lowest BCUT2D eigenvalue weighted by Gasteiger charge is -2.28. The van der Waals surface area contributed by atoms with Crippen LogP contribution in [0.1, 0.15) is 145 Å². The molecule has 0 unspecified atom stereocenters. The first-order valence-electron chi connectivity index (χ1n) is 25.9. The Kier molecular flexibility index (Phi) is 33.4. The number of benzene rings is 3. The number of nitrogens with one attached hydrogen (secondary N) is 1. The van der Waals surface area contributed by atoms with Crippen molar-refractivity contribution in [3.05, 3.63) is 95.1 Å². The number of ether oxygens (including phenoxy) is 2. The second-order valence-corrected chi connectivity index (χ2v) is 18.5. The van der Waals surface area contributed by atoms with Crippen molar-refractivity contribution in [2.45, 2.75) is 138 Å². The summed E-state index contributed by atoms with van der Waals surface area (Å²) in [5, 5.41) is 3.58. The zero-order valence-corrected chi connectivity index (χ0v) is 43.2. The fourth-order valence-corrected chi connectivity index (χ4v) is 7.51. The van der Waals surface area contributed by atoms with E-state index in [1.54, 1.807) is 0 Å². The predicted octanol–water partition coefficient (Wildman–Crippen LogP) is 11.3. The van der Waals surface area contributed by atoms with Gasteiger partial charge in [-0.1, -0.05) is 110 Å². The Morgan fingerprint density at radius 2 is 0.908 bits per heavy atom. The lowest BCUT2D eigenvalue weighted by atomic mass is 10.0. The second kappa shape index (κ2) is 37.6. The first-order valence-corrected chi connectivity index (χ1v) is 25.9. The van der Waals surface area contributed by atoms with Gasteiger partial charge in [-0.15, -0.1) is 0 Å². The van der Waals surface area contributed by atoms with E-state index in [4.69, 9.17) is 9.47 Å². The van der Waals surface area contributed by atoms with E-state index in [0.717, 1.165) is 107 Å². The van der Waals surface area contributed by atoms with Crippen molar-refractivity contribution in [1.82, 2.24) is 29.8 Å². The summed E-state index contributed by atoms with van der Waals surface area (Å²) in [5.74, 6) is 1.97. The van der Waals surface area contributed by atoms with Crippen LogP contribution in [0.4, 0.5) is 0 Å². The lowest BCUT2D eigenvalue weighted by Crippen LogP contribution is -2.39. The summed E-state index contributed by atoms with van der Waals surface area (Å²) in [6, 6.07) is 25.1. The highest BCUT2D eigenvalue weighted by Crippen LogP contribution is 2.18. The predicted molar refractivity (Wildman–Crippen MR) is 279 cm³/mol. The molecule has 0 aliphatic heterocycles. The molecular formula is C56H96N6O3. The highest BCUT2D eigenvalue weighted by molar-refractivity contribution is 5.94. The number of unbranched alkanes of at least 4 members (excludes halogenated alkanes) is 6. The number of hydrogen-bond donors (Lipinski definition) is 1. The fraction of sp³-hybridized carbons (Fsp3) is 0.661. The zero-order valence-electron chi connectivity index (χ0n) is 43.2. The van der Waals surface area contributed by atoms with Crippen molar-refractivity contribution in [3.8, 4) is 11.5 Å². The van der Waals surface area contributed by atoms with E-state index in [2.05, 4.69) is 136 Å². The van der Waals surface area contributed by atoms with Crippen LogP contribution in [0.2, 0.25) is 0 Å². The molecule has 9 nitrogen and oxygen atoms in total. The number of hydrogen-bond acceptors (Lipinski definition) is 8. The molecule has 0 radical (unpaired) electrons. The molecule has 65 heavy (non-hydrogen) atoms. The molecule has 0 aliphatic rings. The van der Waals surface area contributed by atoms with E-state index in [-0.39, 0.29) is 5.91 Å². The molecule has 0 fully saturated rings. The van der Waals surface area contributed by atoms with Gasteiger partial charge in [-0.25, -0.2) is 0 Å². The topological polar surface area (TPSA) is 63.8 Å². The molecule has 0 heterocycles. The Morgan fingerprint density at radius 3 is 1.37 bits per heavy atom. The molecular weight excluding hydrogens is 805 g/mol. The van der Waals surface area contributed by atoms with Gasteiger partial charge in [-0.05, 0) is 159 Å². The van der Waals surface area contributed by atoms with Crippen LogP contribution < -0.4 is 14.8 Å². The molecule has 0 saturated carbocycles. The third-order valence-electron chi connectivity index (χ3n) is 11.7. The second-order valence-electron chi connectivity index (χ2n) is 18.5. The number of rotatable bonds is 37. The van der Waals surface area contributed by atoms with E-state index in [0.29, 0.717) is 13.2 Å². The van der Waals surface area contributed by atoms with Crippen LogP contribution >= 0.6 is 0 Å². The van der Waals surface area contributed by atoms with Gasteiger partial charge in [-0.2, -0.15) is 0 Å². The average Bonchev–Trinajstić information content (AvgIpc) is 3.31. The molecule has 1 N–H and O–H groups in total. The maximum Gasteiger partial charge on any atom is 0.254 e. The standard InChI is InChI=1S/C34H55N3O2.C22H41N3O/c1-6-9-12-14-30-15-19-32(20-16-30)34(38)37(27-26-36(24-10-7-2)25-11-8-3)29-31-17-21-33(22-18-31)39-28-13-23-35(4)5;1-5-7-16-25(17-8-6-2)18-14-23-20-21-10-12-22(13-11-21)26-19-9-15-24(3)4/h15-22H,6-14,23-29H2,1-5H3;10-13,23H,5-9,14-20H2,1-4H3. The summed E-state index contributed by atoms with van der Waals surface area (Å²) < 4.78 is 11.7. The van der Waals surface area contributed by atoms with E-state index in [1.807, 2.05) is 29.2 Å². The summed E-state index contributed by atoms with van der Waals surface area (Å²) >= 11 is 0. The van der Waals surface area contributed by atoms with Gasteiger partial charge in [-0.3, -0.25) is 4.79 Å². The van der Waals surface area contributed by atoms with E-state index in [9.17, 15) is 4.79 Å². The first kappa shape index (κ1) is 57.7.